The van der Waals surface area contributed by atoms with Gasteiger partial charge in [0.2, 0.25) is 0 Å². The Kier molecular flexibility index (Phi) is 7.30. The number of aliphatic imine (C=N–C) groups is 1. The van der Waals surface area contributed by atoms with Gasteiger partial charge in [-0.05, 0) is 39.5 Å². The fourth-order valence-electron chi connectivity index (χ4n) is 3.18. The number of nitrogens with zero attached hydrogens (tertiary/aromatic N) is 3. The summed E-state index contributed by atoms with van der Waals surface area (Å²) >= 11 is 1.75. The third-order valence-electron chi connectivity index (χ3n) is 4.82. The van der Waals surface area contributed by atoms with Crippen LogP contribution in [0.5, 0.6) is 0 Å². The molecule has 1 aromatic heterocycles. The molecule has 1 saturated heterocycles. The van der Waals surface area contributed by atoms with Gasteiger partial charge in [-0.2, -0.15) is 0 Å². The number of likely N-dealkylation sites (tertiary alicyclic amines) is 1. The number of aryl methyl sites for hydroxylation is 2. The van der Waals surface area contributed by atoms with Gasteiger partial charge in [0.15, 0.2) is 5.96 Å². The summed E-state index contributed by atoms with van der Waals surface area (Å²) in [6.45, 7) is 12.5. The summed E-state index contributed by atoms with van der Waals surface area (Å²) in [6.07, 6.45) is 2.77. The Bertz CT molecular complexity index is 550. The number of hydrogen-bond acceptors (Lipinski definition) is 4. The molecule has 0 amide bonds. The molecule has 2 atom stereocenters. The van der Waals surface area contributed by atoms with E-state index >= 15 is 0 Å². The minimum atomic E-state index is 0. The Morgan fingerprint density at radius 2 is 2.08 bits per heavy atom. The SMILES string of the molecule is CCNC(=NCc1nc(C)c(C)s1)NC1CN(C2CC2)CC1C.I. The van der Waals surface area contributed by atoms with Crippen LogP contribution in [0.2, 0.25) is 0 Å². The highest BCUT2D eigenvalue weighted by atomic mass is 127. The van der Waals surface area contributed by atoms with Crippen molar-refractivity contribution in [1.29, 1.82) is 0 Å². The Morgan fingerprint density at radius 1 is 1.33 bits per heavy atom. The van der Waals surface area contributed by atoms with Crippen molar-refractivity contribution >= 4 is 41.3 Å². The van der Waals surface area contributed by atoms with Gasteiger partial charge in [0.25, 0.3) is 0 Å². The second kappa shape index (κ2) is 8.80. The van der Waals surface area contributed by atoms with Gasteiger partial charge in [-0.1, -0.05) is 6.92 Å². The molecule has 0 radical (unpaired) electrons. The van der Waals surface area contributed by atoms with E-state index in [-0.39, 0.29) is 24.0 Å². The van der Waals surface area contributed by atoms with Crippen LogP contribution in [0.1, 0.15) is 42.3 Å². The van der Waals surface area contributed by atoms with E-state index in [1.165, 1.54) is 24.3 Å². The highest BCUT2D eigenvalue weighted by Crippen LogP contribution is 2.31. The molecule has 1 aromatic rings. The first-order chi connectivity index (χ1) is 11.1. The number of rotatable bonds is 5. The predicted octanol–water partition coefficient (Wildman–Crippen LogP) is 2.92. The van der Waals surface area contributed by atoms with Gasteiger partial charge in [0.05, 0.1) is 12.2 Å². The number of thiazole rings is 1. The summed E-state index contributed by atoms with van der Waals surface area (Å²) in [4.78, 5) is 13.3. The number of halogens is 1. The van der Waals surface area contributed by atoms with Crippen LogP contribution in [0.15, 0.2) is 4.99 Å². The zero-order valence-electron chi connectivity index (χ0n) is 15.1. The van der Waals surface area contributed by atoms with E-state index in [2.05, 4.69) is 48.2 Å². The third-order valence-corrected chi connectivity index (χ3v) is 5.87. The maximum Gasteiger partial charge on any atom is 0.191 e. The van der Waals surface area contributed by atoms with Crippen LogP contribution in [-0.2, 0) is 6.54 Å². The van der Waals surface area contributed by atoms with Crippen molar-refractivity contribution in [2.75, 3.05) is 19.6 Å². The number of guanidine groups is 1. The zero-order valence-corrected chi connectivity index (χ0v) is 18.3. The van der Waals surface area contributed by atoms with Crippen molar-refractivity contribution in [2.24, 2.45) is 10.9 Å². The molecular formula is C17H30IN5S. The first kappa shape index (κ1) is 19.9. The molecule has 7 heteroatoms. The maximum atomic E-state index is 4.75. The molecule has 0 bridgehead atoms. The smallest absolute Gasteiger partial charge is 0.191 e. The van der Waals surface area contributed by atoms with Crippen LogP contribution in [0, 0.1) is 19.8 Å². The lowest BCUT2D eigenvalue weighted by molar-refractivity contribution is 0.315. The lowest BCUT2D eigenvalue weighted by Crippen LogP contribution is -2.46. The molecule has 2 heterocycles. The molecule has 0 aromatic carbocycles. The summed E-state index contributed by atoms with van der Waals surface area (Å²) < 4.78 is 0. The molecule has 2 N–H and O–H groups in total. The van der Waals surface area contributed by atoms with Crippen molar-refractivity contribution in [3.8, 4) is 0 Å². The second-order valence-corrected chi connectivity index (χ2v) is 8.15. The van der Waals surface area contributed by atoms with E-state index in [4.69, 9.17) is 4.99 Å². The minimum Gasteiger partial charge on any atom is -0.357 e. The zero-order chi connectivity index (χ0) is 16.4. The Balaban J connectivity index is 0.00000208. The van der Waals surface area contributed by atoms with Crippen molar-refractivity contribution < 1.29 is 0 Å². The van der Waals surface area contributed by atoms with E-state index in [9.17, 15) is 0 Å². The summed E-state index contributed by atoms with van der Waals surface area (Å²) in [7, 11) is 0. The molecule has 1 aliphatic carbocycles. The summed E-state index contributed by atoms with van der Waals surface area (Å²) in [5.74, 6) is 1.59. The second-order valence-electron chi connectivity index (χ2n) is 6.86. The molecule has 3 rings (SSSR count). The predicted molar refractivity (Wildman–Crippen MR) is 113 cm³/mol. The average molecular weight is 463 g/mol. The number of hydrogen-bond donors (Lipinski definition) is 2. The van der Waals surface area contributed by atoms with Gasteiger partial charge >= 0.3 is 0 Å². The van der Waals surface area contributed by atoms with E-state index in [1.54, 1.807) is 11.3 Å². The highest BCUT2D eigenvalue weighted by molar-refractivity contribution is 14.0. The molecule has 1 aliphatic heterocycles. The molecular weight excluding hydrogens is 433 g/mol. The van der Waals surface area contributed by atoms with E-state index in [0.717, 1.165) is 35.8 Å². The third kappa shape index (κ3) is 5.05. The van der Waals surface area contributed by atoms with Crippen LogP contribution in [-0.4, -0.2) is 47.6 Å². The van der Waals surface area contributed by atoms with Gasteiger partial charge in [-0.15, -0.1) is 35.3 Å². The first-order valence-electron chi connectivity index (χ1n) is 8.78. The van der Waals surface area contributed by atoms with Crippen molar-refractivity contribution in [3.63, 3.8) is 0 Å². The Hall–Kier alpha value is -0.410. The van der Waals surface area contributed by atoms with Crippen LogP contribution >= 0.6 is 35.3 Å². The lowest BCUT2D eigenvalue weighted by Gasteiger charge is -2.20. The summed E-state index contributed by atoms with van der Waals surface area (Å²) in [5.41, 5.74) is 1.13. The fourth-order valence-corrected chi connectivity index (χ4v) is 4.04. The van der Waals surface area contributed by atoms with Crippen molar-refractivity contribution in [2.45, 2.75) is 59.2 Å². The van der Waals surface area contributed by atoms with Crippen LogP contribution in [0.25, 0.3) is 0 Å². The van der Waals surface area contributed by atoms with Crippen LogP contribution in [0.4, 0.5) is 0 Å². The quantitative estimate of drug-likeness (QED) is 0.401. The van der Waals surface area contributed by atoms with E-state index in [1.807, 2.05) is 0 Å². The topological polar surface area (TPSA) is 52.6 Å². The Morgan fingerprint density at radius 3 is 2.67 bits per heavy atom. The molecule has 0 spiro atoms. The van der Waals surface area contributed by atoms with Gasteiger partial charge in [0.1, 0.15) is 5.01 Å². The normalized spacial score (nSPS) is 24.8. The average Bonchev–Trinajstić information content (AvgIpc) is 3.23. The first-order valence-corrected chi connectivity index (χ1v) is 9.60. The largest absolute Gasteiger partial charge is 0.357 e. The highest BCUT2D eigenvalue weighted by Gasteiger charge is 2.38. The minimum absolute atomic E-state index is 0. The molecule has 2 unspecified atom stereocenters. The molecule has 24 heavy (non-hydrogen) atoms. The molecule has 2 fully saturated rings. The monoisotopic (exact) mass is 463 g/mol. The standard InChI is InChI=1S/C17H29N5S.HI/c1-5-18-17(19-8-16-20-12(3)13(4)23-16)21-15-10-22(9-11(15)2)14-6-7-14;/h11,14-15H,5-10H2,1-4H3,(H2,18,19,21);1H. The van der Waals surface area contributed by atoms with Gasteiger partial charge in [-0.3, -0.25) is 4.90 Å². The maximum absolute atomic E-state index is 4.75. The van der Waals surface area contributed by atoms with E-state index < -0.39 is 0 Å². The lowest BCUT2D eigenvalue weighted by atomic mass is 10.1. The molecule has 5 nitrogen and oxygen atoms in total. The number of aromatic nitrogens is 1. The van der Waals surface area contributed by atoms with Crippen molar-refractivity contribution in [1.82, 2.24) is 20.5 Å². The summed E-state index contributed by atoms with van der Waals surface area (Å²) in [6, 6.07) is 1.35. The fraction of sp³-hybridized carbons (Fsp3) is 0.765. The molecule has 2 aliphatic rings. The van der Waals surface area contributed by atoms with Gasteiger partial charge in [-0.25, -0.2) is 9.98 Å². The van der Waals surface area contributed by atoms with Crippen LogP contribution in [0.3, 0.4) is 0 Å². The molecule has 1 saturated carbocycles. The van der Waals surface area contributed by atoms with Crippen LogP contribution < -0.4 is 10.6 Å². The van der Waals surface area contributed by atoms with E-state index in [0.29, 0.717) is 18.5 Å². The van der Waals surface area contributed by atoms with Crippen molar-refractivity contribution in [3.05, 3.63) is 15.6 Å². The molecule has 136 valence electrons. The summed E-state index contributed by atoms with van der Waals surface area (Å²) in [5, 5.41) is 8.12. The Labute approximate surface area is 166 Å². The van der Waals surface area contributed by atoms with Gasteiger partial charge < -0.3 is 10.6 Å². The van der Waals surface area contributed by atoms with Gasteiger partial charge in [0, 0.05) is 36.6 Å². The number of nitrogens with one attached hydrogen (secondary N) is 2.